The van der Waals surface area contributed by atoms with Gasteiger partial charge in [0.1, 0.15) is 0 Å². The number of nitrogens with zero attached hydrogens (tertiary/aromatic N) is 1. The van der Waals surface area contributed by atoms with Gasteiger partial charge >= 0.3 is 0 Å². The molecule has 0 saturated heterocycles. The minimum Gasteiger partial charge on any atom is -0.393 e. The highest BCUT2D eigenvalue weighted by atomic mass is 16.3. The summed E-state index contributed by atoms with van der Waals surface area (Å²) in [6, 6.07) is 4.11. The average molecular weight is 410 g/mol. The first-order valence-corrected chi connectivity index (χ1v) is 12.4. The molecular formula is C27H39NO2. The van der Waals surface area contributed by atoms with E-state index < -0.39 is 0 Å². The molecule has 1 heterocycles. The molecule has 0 amide bonds. The van der Waals surface area contributed by atoms with Crippen LogP contribution in [0.3, 0.4) is 0 Å². The summed E-state index contributed by atoms with van der Waals surface area (Å²) < 4.78 is 0. The number of aromatic nitrogens is 1. The summed E-state index contributed by atoms with van der Waals surface area (Å²) in [5.74, 6) is 2.72. The van der Waals surface area contributed by atoms with Crippen molar-refractivity contribution in [2.45, 2.75) is 90.3 Å². The van der Waals surface area contributed by atoms with Crippen LogP contribution in [-0.4, -0.2) is 27.4 Å². The first-order valence-electron chi connectivity index (χ1n) is 12.4. The highest BCUT2D eigenvalue weighted by Crippen LogP contribution is 2.66. The Balaban J connectivity index is 1.31. The Hall–Kier alpha value is -1.19. The minimum absolute atomic E-state index is 0.124. The molecule has 0 radical (unpaired) electrons. The van der Waals surface area contributed by atoms with E-state index in [-0.39, 0.29) is 17.6 Å². The lowest BCUT2D eigenvalue weighted by atomic mass is 9.47. The van der Waals surface area contributed by atoms with Crippen LogP contribution in [0.4, 0.5) is 0 Å². The number of hydrogen-bond donors (Lipinski definition) is 2. The molecule has 5 rings (SSSR count). The first kappa shape index (κ1) is 20.7. The maximum Gasteiger partial charge on any atom is 0.0577 e. The number of aliphatic hydroxyl groups excluding tert-OH is 2. The minimum atomic E-state index is -0.202. The third-order valence-corrected chi connectivity index (χ3v) is 10.1. The lowest BCUT2D eigenvalue weighted by Crippen LogP contribution is -2.51. The van der Waals surface area contributed by atoms with E-state index in [4.69, 9.17) is 0 Å². The molecule has 30 heavy (non-hydrogen) atoms. The van der Waals surface area contributed by atoms with E-state index in [2.05, 4.69) is 31.0 Å². The second-order valence-corrected chi connectivity index (χ2v) is 11.4. The van der Waals surface area contributed by atoms with Crippen LogP contribution in [0.5, 0.6) is 0 Å². The normalized spacial score (nSPS) is 43.9. The smallest absolute Gasteiger partial charge is 0.0577 e. The van der Waals surface area contributed by atoms with Gasteiger partial charge in [-0.1, -0.05) is 31.6 Å². The van der Waals surface area contributed by atoms with Gasteiger partial charge in [-0.2, -0.15) is 0 Å². The molecule has 3 fully saturated rings. The summed E-state index contributed by atoms with van der Waals surface area (Å²) in [7, 11) is 0. The zero-order chi connectivity index (χ0) is 20.9. The van der Waals surface area contributed by atoms with Crippen molar-refractivity contribution in [3.8, 4) is 0 Å². The molecule has 164 valence electrons. The Morgan fingerprint density at radius 2 is 2.00 bits per heavy atom. The molecule has 4 aliphatic carbocycles. The van der Waals surface area contributed by atoms with Gasteiger partial charge < -0.3 is 10.2 Å². The van der Waals surface area contributed by atoms with Gasteiger partial charge in [-0.05, 0) is 110 Å². The Kier molecular flexibility index (Phi) is 5.34. The van der Waals surface area contributed by atoms with Crippen molar-refractivity contribution in [2.75, 3.05) is 0 Å². The van der Waals surface area contributed by atoms with Gasteiger partial charge in [-0.15, -0.1) is 0 Å². The van der Waals surface area contributed by atoms with E-state index in [1.165, 1.54) is 37.7 Å². The van der Waals surface area contributed by atoms with Gasteiger partial charge in [-0.3, -0.25) is 4.98 Å². The monoisotopic (exact) mass is 409 g/mol. The van der Waals surface area contributed by atoms with Gasteiger partial charge in [0.05, 0.1) is 12.2 Å². The highest BCUT2D eigenvalue weighted by molar-refractivity contribution is 5.25. The van der Waals surface area contributed by atoms with Crippen LogP contribution in [0.2, 0.25) is 0 Å². The number of aryl methyl sites for hydroxylation is 1. The van der Waals surface area contributed by atoms with E-state index >= 15 is 0 Å². The molecule has 8 atom stereocenters. The fraction of sp³-hybridized carbons (Fsp3) is 0.741. The standard InChI is InChI=1S/C27H39NO2/c1-26-13-11-20(29)16-19(26)6-7-21-22-8-9-24(27(22,2)14-12-23(21)26)25(30)10-5-18-4-3-15-28-17-18/h3-4,6,15,17,20-25,29-30H,5,7-14,16H2,1-2H3/t20-,21-,22-,23-,24+,25+,26-,27-/m0/s1. The lowest BCUT2D eigenvalue weighted by molar-refractivity contribution is -0.0713. The number of fused-ring (bicyclic) bond motifs is 5. The molecule has 0 spiro atoms. The SMILES string of the molecule is C[C@]12CC[C@H]3[C@@H](CC=C4C[C@@H](O)CC[C@@]43C)[C@@H]1CC[C@@H]2[C@H](O)CCc1cccnc1. The summed E-state index contributed by atoms with van der Waals surface area (Å²) in [6.45, 7) is 5.00. The van der Waals surface area contributed by atoms with Crippen molar-refractivity contribution < 1.29 is 10.2 Å². The van der Waals surface area contributed by atoms with Crippen LogP contribution < -0.4 is 0 Å². The number of rotatable bonds is 4. The first-order chi connectivity index (χ1) is 14.4. The van der Waals surface area contributed by atoms with Gasteiger partial charge in [0.25, 0.3) is 0 Å². The van der Waals surface area contributed by atoms with Gasteiger partial charge in [0, 0.05) is 12.4 Å². The van der Waals surface area contributed by atoms with Crippen molar-refractivity contribution >= 4 is 0 Å². The van der Waals surface area contributed by atoms with E-state index in [0.717, 1.165) is 49.9 Å². The summed E-state index contributed by atoms with van der Waals surface area (Å²) >= 11 is 0. The molecule has 0 bridgehead atoms. The van der Waals surface area contributed by atoms with Crippen molar-refractivity contribution in [3.05, 3.63) is 41.7 Å². The summed E-state index contributed by atoms with van der Waals surface area (Å²) in [5.41, 5.74) is 3.38. The third kappa shape index (κ3) is 3.28. The van der Waals surface area contributed by atoms with Crippen LogP contribution in [0.25, 0.3) is 0 Å². The van der Waals surface area contributed by atoms with Crippen molar-refractivity contribution in [2.24, 2.45) is 34.5 Å². The van der Waals surface area contributed by atoms with Crippen molar-refractivity contribution in [1.82, 2.24) is 4.98 Å². The molecule has 3 heteroatoms. The predicted molar refractivity (Wildman–Crippen MR) is 120 cm³/mol. The van der Waals surface area contributed by atoms with Crippen LogP contribution in [0, 0.1) is 34.5 Å². The fourth-order valence-electron chi connectivity index (χ4n) is 8.38. The van der Waals surface area contributed by atoms with Crippen LogP contribution >= 0.6 is 0 Å². The number of pyridine rings is 1. The number of hydrogen-bond acceptors (Lipinski definition) is 3. The number of allylic oxidation sites excluding steroid dienone is 1. The van der Waals surface area contributed by atoms with Crippen LogP contribution in [-0.2, 0) is 6.42 Å². The molecule has 4 aliphatic rings. The van der Waals surface area contributed by atoms with E-state index in [0.29, 0.717) is 11.3 Å². The van der Waals surface area contributed by atoms with Crippen molar-refractivity contribution in [3.63, 3.8) is 0 Å². The Morgan fingerprint density at radius 1 is 1.13 bits per heavy atom. The zero-order valence-corrected chi connectivity index (χ0v) is 18.8. The van der Waals surface area contributed by atoms with Crippen molar-refractivity contribution in [1.29, 1.82) is 0 Å². The summed E-state index contributed by atoms with van der Waals surface area (Å²) in [6.07, 6.45) is 17.0. The topological polar surface area (TPSA) is 53.4 Å². The highest BCUT2D eigenvalue weighted by Gasteiger charge is 2.59. The predicted octanol–water partition coefficient (Wildman–Crippen LogP) is 5.32. The van der Waals surface area contributed by atoms with E-state index in [1.807, 2.05) is 18.5 Å². The largest absolute Gasteiger partial charge is 0.393 e. The maximum absolute atomic E-state index is 11.2. The van der Waals surface area contributed by atoms with E-state index in [9.17, 15) is 10.2 Å². The molecule has 1 aromatic rings. The van der Waals surface area contributed by atoms with Crippen LogP contribution in [0.1, 0.15) is 77.2 Å². The Labute approximate surface area is 182 Å². The molecular weight excluding hydrogens is 370 g/mol. The van der Waals surface area contributed by atoms with E-state index in [1.54, 1.807) is 5.57 Å². The second kappa shape index (κ2) is 7.74. The van der Waals surface area contributed by atoms with Gasteiger partial charge in [-0.25, -0.2) is 0 Å². The summed E-state index contributed by atoms with van der Waals surface area (Å²) in [5, 5.41) is 21.4. The molecule has 3 nitrogen and oxygen atoms in total. The third-order valence-electron chi connectivity index (χ3n) is 10.1. The zero-order valence-electron chi connectivity index (χ0n) is 18.8. The quantitative estimate of drug-likeness (QED) is 0.662. The summed E-state index contributed by atoms with van der Waals surface area (Å²) in [4.78, 5) is 4.23. The molecule has 2 N–H and O–H groups in total. The second-order valence-electron chi connectivity index (χ2n) is 11.4. The van der Waals surface area contributed by atoms with Gasteiger partial charge in [0.15, 0.2) is 0 Å². The van der Waals surface area contributed by atoms with Crippen LogP contribution in [0.15, 0.2) is 36.2 Å². The average Bonchev–Trinajstić information content (AvgIpc) is 3.10. The fourth-order valence-corrected chi connectivity index (χ4v) is 8.38. The van der Waals surface area contributed by atoms with Gasteiger partial charge in [0.2, 0.25) is 0 Å². The molecule has 0 aromatic carbocycles. The molecule has 3 saturated carbocycles. The molecule has 0 unspecified atom stereocenters. The number of aliphatic hydroxyl groups is 2. The Bertz CT molecular complexity index is 791. The lowest BCUT2D eigenvalue weighted by Gasteiger charge is -2.58. The Morgan fingerprint density at radius 3 is 2.80 bits per heavy atom. The maximum atomic E-state index is 11.2. The molecule has 1 aromatic heterocycles. The molecule has 0 aliphatic heterocycles.